The molecule has 1 N–H and O–H groups in total. The van der Waals surface area contributed by atoms with E-state index in [1.54, 1.807) is 24.6 Å². The molecule has 0 saturated carbocycles. The van der Waals surface area contributed by atoms with Crippen LogP contribution in [0.3, 0.4) is 0 Å². The van der Waals surface area contributed by atoms with Gasteiger partial charge in [-0.05, 0) is 56.0 Å². The van der Waals surface area contributed by atoms with Gasteiger partial charge in [-0.2, -0.15) is 0 Å². The standard InChI is InChI=1S/C15H12Br2N2O/c1-2-4-10-5-3-6-11(14(10)20)8-18-15-13(17)7-12(16)9-19-15/h2-3,5-9,20H,1,4H2/b18-8+. The highest BCUT2D eigenvalue weighted by molar-refractivity contribution is 9.11. The van der Waals surface area contributed by atoms with Crippen LogP contribution in [0, 0.1) is 0 Å². The fourth-order valence-corrected chi connectivity index (χ4v) is 2.76. The Hall–Kier alpha value is -1.46. The van der Waals surface area contributed by atoms with Crippen molar-refractivity contribution < 1.29 is 5.11 Å². The summed E-state index contributed by atoms with van der Waals surface area (Å²) in [6.07, 6.45) is 5.64. The summed E-state index contributed by atoms with van der Waals surface area (Å²) in [5.74, 6) is 0.783. The van der Waals surface area contributed by atoms with Gasteiger partial charge in [0.2, 0.25) is 0 Å². The number of phenols is 1. The molecule has 102 valence electrons. The monoisotopic (exact) mass is 394 g/mol. The molecule has 0 radical (unpaired) electrons. The Morgan fingerprint density at radius 3 is 2.85 bits per heavy atom. The molecule has 0 saturated heterocycles. The van der Waals surface area contributed by atoms with Crippen LogP contribution in [0.15, 0.2) is 57.1 Å². The van der Waals surface area contributed by atoms with Gasteiger partial charge in [0.15, 0.2) is 5.82 Å². The second kappa shape index (κ2) is 6.81. The van der Waals surface area contributed by atoms with Crippen LogP contribution in [-0.2, 0) is 6.42 Å². The normalized spacial score (nSPS) is 10.9. The van der Waals surface area contributed by atoms with Gasteiger partial charge in [-0.3, -0.25) is 0 Å². The summed E-state index contributed by atoms with van der Waals surface area (Å²) < 4.78 is 1.66. The van der Waals surface area contributed by atoms with Gasteiger partial charge in [0.25, 0.3) is 0 Å². The molecule has 0 atom stereocenters. The van der Waals surface area contributed by atoms with Crippen LogP contribution in [0.2, 0.25) is 0 Å². The molecule has 2 rings (SSSR count). The topological polar surface area (TPSA) is 45.5 Å². The molecule has 2 aromatic rings. The summed E-state index contributed by atoms with van der Waals surface area (Å²) in [5.41, 5.74) is 1.48. The summed E-state index contributed by atoms with van der Waals surface area (Å²) >= 11 is 6.73. The van der Waals surface area contributed by atoms with Crippen molar-refractivity contribution in [1.29, 1.82) is 0 Å². The van der Waals surface area contributed by atoms with Crippen molar-refractivity contribution in [2.24, 2.45) is 4.99 Å². The number of allylic oxidation sites excluding steroid dienone is 1. The number of halogens is 2. The van der Waals surface area contributed by atoms with Crippen molar-refractivity contribution in [2.75, 3.05) is 0 Å². The van der Waals surface area contributed by atoms with E-state index in [1.807, 2.05) is 18.2 Å². The van der Waals surface area contributed by atoms with E-state index in [0.29, 0.717) is 17.8 Å². The molecule has 20 heavy (non-hydrogen) atoms. The van der Waals surface area contributed by atoms with Crippen molar-refractivity contribution in [3.8, 4) is 5.75 Å². The van der Waals surface area contributed by atoms with Crippen LogP contribution in [0.4, 0.5) is 5.82 Å². The Bertz CT molecular complexity index is 669. The molecule has 0 fully saturated rings. The fraction of sp³-hybridized carbons (Fsp3) is 0.0667. The number of hydrogen-bond acceptors (Lipinski definition) is 3. The average Bonchev–Trinajstić information content (AvgIpc) is 2.42. The van der Waals surface area contributed by atoms with Gasteiger partial charge in [0.05, 0.1) is 4.47 Å². The van der Waals surface area contributed by atoms with Gasteiger partial charge >= 0.3 is 0 Å². The first-order chi connectivity index (χ1) is 9.61. The third-order valence-corrected chi connectivity index (χ3v) is 3.65. The minimum atomic E-state index is 0.226. The molecule has 3 nitrogen and oxygen atoms in total. The number of rotatable bonds is 4. The largest absolute Gasteiger partial charge is 0.507 e. The molecule has 0 unspecified atom stereocenters. The van der Waals surface area contributed by atoms with Gasteiger partial charge in [-0.1, -0.05) is 18.2 Å². The summed E-state index contributed by atoms with van der Waals surface area (Å²) in [5, 5.41) is 10.1. The lowest BCUT2D eigenvalue weighted by atomic mass is 10.1. The van der Waals surface area contributed by atoms with Crippen molar-refractivity contribution >= 4 is 43.9 Å². The molecule has 0 aliphatic carbocycles. The molecule has 1 aromatic heterocycles. The number of hydrogen-bond donors (Lipinski definition) is 1. The van der Waals surface area contributed by atoms with E-state index in [-0.39, 0.29) is 5.75 Å². The molecular formula is C15H12Br2N2O. The average molecular weight is 396 g/mol. The second-order valence-corrected chi connectivity index (χ2v) is 5.83. The molecule has 0 bridgehead atoms. The predicted octanol–water partition coefficient (Wildman–Crippen LogP) is 4.79. The van der Waals surface area contributed by atoms with E-state index < -0.39 is 0 Å². The second-order valence-electron chi connectivity index (χ2n) is 4.06. The number of aliphatic imine (C=N–C) groups is 1. The van der Waals surface area contributed by atoms with Gasteiger partial charge in [0, 0.05) is 22.4 Å². The summed E-state index contributed by atoms with van der Waals surface area (Å²) in [6, 6.07) is 7.41. The van der Waals surface area contributed by atoms with Crippen LogP contribution in [0.1, 0.15) is 11.1 Å². The van der Waals surface area contributed by atoms with E-state index in [9.17, 15) is 5.11 Å². The zero-order valence-electron chi connectivity index (χ0n) is 10.6. The van der Waals surface area contributed by atoms with Crippen LogP contribution in [0.25, 0.3) is 0 Å². The van der Waals surface area contributed by atoms with Crippen molar-refractivity contribution in [2.45, 2.75) is 6.42 Å². The maximum atomic E-state index is 10.1. The van der Waals surface area contributed by atoms with Gasteiger partial charge < -0.3 is 5.11 Å². The van der Waals surface area contributed by atoms with E-state index in [4.69, 9.17) is 0 Å². The molecular weight excluding hydrogens is 384 g/mol. The highest BCUT2D eigenvalue weighted by Gasteiger charge is 2.05. The Kier molecular flexibility index (Phi) is 5.09. The van der Waals surface area contributed by atoms with Crippen LogP contribution < -0.4 is 0 Å². The zero-order valence-corrected chi connectivity index (χ0v) is 13.7. The van der Waals surface area contributed by atoms with E-state index in [2.05, 4.69) is 48.4 Å². The number of para-hydroxylation sites is 1. The SMILES string of the molecule is C=CCc1cccc(/C=N/c2ncc(Br)cc2Br)c1O. The molecule has 0 spiro atoms. The minimum Gasteiger partial charge on any atom is -0.507 e. The van der Waals surface area contributed by atoms with Crippen LogP contribution >= 0.6 is 31.9 Å². The smallest absolute Gasteiger partial charge is 0.166 e. The first-order valence-corrected chi connectivity index (χ1v) is 7.47. The Balaban J connectivity index is 2.31. The molecule has 0 aliphatic heterocycles. The molecule has 0 amide bonds. The number of benzene rings is 1. The van der Waals surface area contributed by atoms with Crippen LogP contribution in [0.5, 0.6) is 5.75 Å². The number of aromatic hydroxyl groups is 1. The highest BCUT2D eigenvalue weighted by Crippen LogP contribution is 2.27. The third kappa shape index (κ3) is 3.55. The fourth-order valence-electron chi connectivity index (χ4n) is 1.67. The third-order valence-electron chi connectivity index (χ3n) is 2.63. The number of phenolic OH excluding ortho intramolecular Hbond substituents is 1. The number of pyridine rings is 1. The Morgan fingerprint density at radius 2 is 2.15 bits per heavy atom. The van der Waals surface area contributed by atoms with Crippen molar-refractivity contribution in [3.63, 3.8) is 0 Å². The predicted molar refractivity (Wildman–Crippen MR) is 88.9 cm³/mol. The quantitative estimate of drug-likeness (QED) is 0.597. The van der Waals surface area contributed by atoms with Gasteiger partial charge in [-0.15, -0.1) is 6.58 Å². The lowest BCUT2D eigenvalue weighted by molar-refractivity contribution is 0.469. The molecule has 0 aliphatic rings. The van der Waals surface area contributed by atoms with Crippen LogP contribution in [-0.4, -0.2) is 16.3 Å². The summed E-state index contributed by atoms with van der Waals surface area (Å²) in [4.78, 5) is 8.48. The van der Waals surface area contributed by atoms with Gasteiger partial charge in [0.1, 0.15) is 5.75 Å². The number of aromatic nitrogens is 1. The first-order valence-electron chi connectivity index (χ1n) is 5.88. The summed E-state index contributed by atoms with van der Waals surface area (Å²) in [6.45, 7) is 3.67. The highest BCUT2D eigenvalue weighted by atomic mass is 79.9. The summed E-state index contributed by atoms with van der Waals surface area (Å²) in [7, 11) is 0. The minimum absolute atomic E-state index is 0.226. The zero-order chi connectivity index (χ0) is 14.5. The Labute approximate surface area is 134 Å². The lowest BCUT2D eigenvalue weighted by Gasteiger charge is -2.04. The van der Waals surface area contributed by atoms with Crippen molar-refractivity contribution in [3.05, 3.63) is 63.2 Å². The van der Waals surface area contributed by atoms with Gasteiger partial charge in [-0.25, -0.2) is 9.98 Å². The maximum absolute atomic E-state index is 10.1. The molecule has 1 aromatic carbocycles. The molecule has 5 heteroatoms. The van der Waals surface area contributed by atoms with Crippen molar-refractivity contribution in [1.82, 2.24) is 4.98 Å². The molecule has 1 heterocycles. The Morgan fingerprint density at radius 1 is 1.35 bits per heavy atom. The van der Waals surface area contributed by atoms with E-state index in [1.165, 1.54) is 0 Å². The maximum Gasteiger partial charge on any atom is 0.166 e. The lowest BCUT2D eigenvalue weighted by Crippen LogP contribution is -1.89. The number of nitrogens with zero attached hydrogens (tertiary/aromatic N) is 2. The van der Waals surface area contributed by atoms with E-state index >= 15 is 0 Å². The first kappa shape index (κ1) is 14.9. The van der Waals surface area contributed by atoms with E-state index in [0.717, 1.165) is 14.5 Å².